The number of H-pyrrole nitrogens is 1. The van der Waals surface area contributed by atoms with Crippen LogP contribution in [0.1, 0.15) is 18.4 Å². The smallest absolute Gasteiger partial charge is 0.245 e. The maximum atomic E-state index is 12.2. The second-order valence-electron chi connectivity index (χ2n) is 8.44. The molecule has 32 heavy (non-hydrogen) atoms. The van der Waals surface area contributed by atoms with E-state index in [1.54, 1.807) is 17.1 Å². The first kappa shape index (κ1) is 20.1. The first-order valence-corrected chi connectivity index (χ1v) is 10.6. The maximum Gasteiger partial charge on any atom is 0.245 e. The standard InChI is InChI=1S/C22H24N8O2/c1-3-18(31)30-9-15(17(11-30)13-4-5-13)12-32-21-19-14(6-23)7-24-20(19)27-22(28-21)26-16-8-25-29(2)10-16/h3,7-8,10,13,15,17H,1,4-5,9,11-12H2,2H3,(H2,24,26,27,28)/t15-,17-/m1/s1. The Morgan fingerprint density at radius 3 is 2.97 bits per heavy atom. The number of fused-ring (bicyclic) bond motifs is 1. The number of rotatable bonds is 7. The van der Waals surface area contributed by atoms with Crippen molar-refractivity contribution in [1.82, 2.24) is 29.6 Å². The number of aromatic amines is 1. The average molecular weight is 432 g/mol. The zero-order valence-electron chi connectivity index (χ0n) is 17.8. The van der Waals surface area contributed by atoms with Gasteiger partial charge in [-0.1, -0.05) is 6.58 Å². The summed E-state index contributed by atoms with van der Waals surface area (Å²) < 4.78 is 7.89. The molecule has 1 aliphatic carbocycles. The summed E-state index contributed by atoms with van der Waals surface area (Å²) in [6.07, 6.45) is 8.86. The molecule has 2 atom stereocenters. The number of anilines is 2. The van der Waals surface area contributed by atoms with Crippen LogP contribution in [0.3, 0.4) is 0 Å². The highest BCUT2D eigenvalue weighted by Crippen LogP contribution is 2.44. The SMILES string of the molecule is C=CC(=O)N1C[C@H](COc2nc(Nc3cnn(C)c3)nc3[nH]cc(C#N)c23)[C@@H](C2CC2)C1. The van der Waals surface area contributed by atoms with Crippen molar-refractivity contribution in [3.8, 4) is 11.9 Å². The van der Waals surface area contributed by atoms with Gasteiger partial charge in [-0.3, -0.25) is 9.48 Å². The van der Waals surface area contributed by atoms with E-state index in [9.17, 15) is 10.1 Å². The quantitative estimate of drug-likeness (QED) is 0.549. The van der Waals surface area contributed by atoms with E-state index in [0.29, 0.717) is 53.4 Å². The number of aryl methyl sites for hydroxylation is 1. The largest absolute Gasteiger partial charge is 0.477 e. The number of likely N-dealkylation sites (tertiary alicyclic amines) is 1. The molecule has 1 aliphatic heterocycles. The van der Waals surface area contributed by atoms with E-state index in [1.807, 2.05) is 18.1 Å². The number of nitrogens with one attached hydrogen (secondary N) is 2. The van der Waals surface area contributed by atoms with Gasteiger partial charge in [0.15, 0.2) is 0 Å². The molecule has 10 heteroatoms. The monoisotopic (exact) mass is 432 g/mol. The van der Waals surface area contributed by atoms with Crippen LogP contribution in [-0.4, -0.2) is 55.2 Å². The number of aromatic nitrogens is 5. The van der Waals surface area contributed by atoms with Gasteiger partial charge in [0.1, 0.15) is 11.7 Å². The molecule has 164 valence electrons. The molecule has 4 heterocycles. The molecular formula is C22H24N8O2. The molecule has 10 nitrogen and oxygen atoms in total. The number of hydrogen-bond donors (Lipinski definition) is 2. The molecule has 0 unspecified atom stereocenters. The highest BCUT2D eigenvalue weighted by Gasteiger charge is 2.43. The lowest BCUT2D eigenvalue weighted by Crippen LogP contribution is -2.27. The summed E-state index contributed by atoms with van der Waals surface area (Å²) in [4.78, 5) is 26.1. The first-order chi connectivity index (χ1) is 15.6. The molecule has 1 saturated heterocycles. The Morgan fingerprint density at radius 2 is 2.28 bits per heavy atom. The molecule has 2 fully saturated rings. The normalized spacial score (nSPS) is 20.3. The van der Waals surface area contributed by atoms with E-state index in [2.05, 4.69) is 38.0 Å². The van der Waals surface area contributed by atoms with E-state index in [-0.39, 0.29) is 11.8 Å². The van der Waals surface area contributed by atoms with Crippen LogP contribution in [0, 0.1) is 29.1 Å². The van der Waals surface area contributed by atoms with E-state index < -0.39 is 0 Å². The van der Waals surface area contributed by atoms with Crippen molar-refractivity contribution >= 4 is 28.6 Å². The van der Waals surface area contributed by atoms with Crippen LogP contribution < -0.4 is 10.1 Å². The molecule has 0 aromatic carbocycles. The minimum atomic E-state index is -0.0389. The number of nitrogens with zero attached hydrogens (tertiary/aromatic N) is 6. The van der Waals surface area contributed by atoms with Crippen molar-refractivity contribution in [3.63, 3.8) is 0 Å². The van der Waals surface area contributed by atoms with Crippen LogP contribution in [0.4, 0.5) is 11.6 Å². The van der Waals surface area contributed by atoms with Gasteiger partial charge in [0, 0.05) is 38.4 Å². The summed E-state index contributed by atoms with van der Waals surface area (Å²) in [5.41, 5.74) is 1.69. The summed E-state index contributed by atoms with van der Waals surface area (Å²) in [6, 6.07) is 2.17. The molecule has 3 aromatic rings. The summed E-state index contributed by atoms with van der Waals surface area (Å²) in [7, 11) is 1.83. The van der Waals surface area contributed by atoms with Gasteiger partial charge in [0.25, 0.3) is 0 Å². The van der Waals surface area contributed by atoms with Gasteiger partial charge in [-0.25, -0.2) is 0 Å². The molecule has 2 aliphatic rings. The molecule has 2 N–H and O–H groups in total. The minimum absolute atomic E-state index is 0.0389. The Labute approximate surface area is 184 Å². The van der Waals surface area contributed by atoms with Crippen LogP contribution in [-0.2, 0) is 11.8 Å². The first-order valence-electron chi connectivity index (χ1n) is 10.6. The third-order valence-electron chi connectivity index (χ3n) is 6.22. The molecule has 0 radical (unpaired) electrons. The summed E-state index contributed by atoms with van der Waals surface area (Å²) in [5.74, 6) is 1.91. The van der Waals surface area contributed by atoms with Gasteiger partial charge < -0.3 is 19.9 Å². The van der Waals surface area contributed by atoms with Gasteiger partial charge in [-0.2, -0.15) is 20.3 Å². The predicted molar refractivity (Wildman–Crippen MR) is 117 cm³/mol. The van der Waals surface area contributed by atoms with Gasteiger partial charge >= 0.3 is 0 Å². The lowest BCUT2D eigenvalue weighted by Gasteiger charge is -2.18. The van der Waals surface area contributed by atoms with E-state index in [1.165, 1.54) is 18.9 Å². The van der Waals surface area contributed by atoms with Crippen molar-refractivity contribution in [2.45, 2.75) is 12.8 Å². The Bertz CT molecular complexity index is 1220. The molecule has 0 spiro atoms. The number of hydrogen-bond acceptors (Lipinski definition) is 7. The Balaban J connectivity index is 1.41. The highest BCUT2D eigenvalue weighted by molar-refractivity contribution is 5.88. The summed E-state index contributed by atoms with van der Waals surface area (Å²) >= 11 is 0. The molecule has 0 bridgehead atoms. The third-order valence-corrected chi connectivity index (χ3v) is 6.22. The lowest BCUT2D eigenvalue weighted by atomic mass is 9.92. The van der Waals surface area contributed by atoms with Gasteiger partial charge in [0.2, 0.25) is 17.7 Å². The summed E-state index contributed by atoms with van der Waals surface area (Å²) in [6.45, 7) is 5.41. The number of carbonyl (C=O) groups is 1. The number of nitriles is 1. The van der Waals surface area contributed by atoms with Crippen molar-refractivity contribution in [2.75, 3.05) is 25.0 Å². The van der Waals surface area contributed by atoms with E-state index >= 15 is 0 Å². The number of amides is 1. The number of ether oxygens (including phenoxy) is 1. The lowest BCUT2D eigenvalue weighted by molar-refractivity contribution is -0.125. The van der Waals surface area contributed by atoms with Gasteiger partial charge in [0.05, 0.1) is 29.4 Å². The van der Waals surface area contributed by atoms with Crippen molar-refractivity contribution in [1.29, 1.82) is 5.26 Å². The fourth-order valence-corrected chi connectivity index (χ4v) is 4.49. The topological polar surface area (TPSA) is 125 Å². The Hall–Kier alpha value is -3.87. The molecule has 1 saturated carbocycles. The molecule has 3 aromatic heterocycles. The summed E-state index contributed by atoms with van der Waals surface area (Å²) in [5, 5.41) is 17.3. The van der Waals surface area contributed by atoms with E-state index in [0.717, 1.165) is 12.2 Å². The molecule has 1 amide bonds. The van der Waals surface area contributed by atoms with Crippen molar-refractivity contribution < 1.29 is 9.53 Å². The van der Waals surface area contributed by atoms with Crippen LogP contribution in [0.2, 0.25) is 0 Å². The minimum Gasteiger partial charge on any atom is -0.477 e. The molecular weight excluding hydrogens is 408 g/mol. The van der Waals surface area contributed by atoms with Crippen LogP contribution in [0.25, 0.3) is 11.0 Å². The van der Waals surface area contributed by atoms with E-state index in [4.69, 9.17) is 4.74 Å². The maximum absolute atomic E-state index is 12.2. The third kappa shape index (κ3) is 3.77. The van der Waals surface area contributed by atoms with Gasteiger partial charge in [-0.05, 0) is 30.8 Å². The van der Waals surface area contributed by atoms with Crippen molar-refractivity contribution in [3.05, 3.63) is 36.8 Å². The zero-order valence-corrected chi connectivity index (χ0v) is 17.8. The predicted octanol–water partition coefficient (Wildman–Crippen LogP) is 2.36. The van der Waals surface area contributed by atoms with Crippen LogP contribution in [0.15, 0.2) is 31.2 Å². The number of carbonyl (C=O) groups excluding carboxylic acids is 1. The molecule has 5 rings (SSSR count). The van der Waals surface area contributed by atoms with Crippen LogP contribution >= 0.6 is 0 Å². The second kappa shape index (κ2) is 8.00. The van der Waals surface area contributed by atoms with Crippen LogP contribution in [0.5, 0.6) is 5.88 Å². The zero-order chi connectivity index (χ0) is 22.2. The average Bonchev–Trinajstić information content (AvgIpc) is 3.21. The Morgan fingerprint density at radius 1 is 1.44 bits per heavy atom. The van der Waals surface area contributed by atoms with Gasteiger partial charge in [-0.15, -0.1) is 0 Å². The highest BCUT2D eigenvalue weighted by atomic mass is 16.5. The Kier molecular flexibility index (Phi) is 5.01. The fraction of sp³-hybridized carbons (Fsp3) is 0.409. The second-order valence-corrected chi connectivity index (χ2v) is 8.44. The van der Waals surface area contributed by atoms with Crippen molar-refractivity contribution in [2.24, 2.45) is 24.8 Å². The fourth-order valence-electron chi connectivity index (χ4n) is 4.49.